The van der Waals surface area contributed by atoms with E-state index < -0.39 is 6.85 Å². The molecule has 0 spiro atoms. The topological polar surface area (TPSA) is 9.72 Å². The summed E-state index contributed by atoms with van der Waals surface area (Å²) in [6, 6.07) is 55.4. The van der Waals surface area contributed by atoms with E-state index in [9.17, 15) is 4.11 Å². The normalized spacial score (nSPS) is 18.9. The molecule has 0 saturated heterocycles. The maximum Gasteiger partial charge on any atom is 0.252 e. The van der Waals surface area contributed by atoms with Crippen molar-refractivity contribution in [3.8, 4) is 11.1 Å². The summed E-state index contributed by atoms with van der Waals surface area (Å²) >= 11 is 0. The highest BCUT2D eigenvalue weighted by atomic mass is 15.2. The van der Waals surface area contributed by atoms with E-state index in [1.165, 1.54) is 72.1 Å². The van der Waals surface area contributed by atoms with Crippen LogP contribution in [0.5, 0.6) is 0 Å². The quantitative estimate of drug-likeness (QED) is 0.159. The molecule has 13 rings (SSSR count). The minimum Gasteiger partial charge on any atom is -0.311 e. The van der Waals surface area contributed by atoms with Crippen LogP contribution >= 0.6 is 0 Å². The molecule has 80 heavy (non-hydrogen) atoms. The van der Waals surface area contributed by atoms with Crippen molar-refractivity contribution < 1.29 is 4.11 Å². The molecule has 0 fully saturated rings. The molecule has 0 bridgehead atoms. The number of anilines is 9. The van der Waals surface area contributed by atoms with Crippen LogP contribution in [0.25, 0.3) is 11.1 Å². The SMILES string of the molecule is [2H]C([2H])([2H])c1cc2c3c(c1)N(c1cccc4c1C(C)(C)c1ccccc1-4)c1cc(N(c4ccc(C(C)(C)C)cc4)c4ccc(C(C)(C)C)cc4)ccc1B3c1cc3c(cc1N2c1cc2c(cc1C)C(C)(C)CC2(C)C)C(C)(C)CCC3(C)C. The van der Waals surface area contributed by atoms with E-state index in [-0.39, 0.29) is 44.6 Å². The highest BCUT2D eigenvalue weighted by Gasteiger charge is 2.50. The van der Waals surface area contributed by atoms with Gasteiger partial charge < -0.3 is 14.7 Å². The number of benzene rings is 8. The van der Waals surface area contributed by atoms with Crippen LogP contribution in [-0.2, 0) is 37.9 Å². The second kappa shape index (κ2) is 17.1. The van der Waals surface area contributed by atoms with Gasteiger partial charge in [-0.1, -0.05) is 190 Å². The third-order valence-corrected chi connectivity index (χ3v) is 20.0. The summed E-state index contributed by atoms with van der Waals surface area (Å²) in [6.45, 7) is 37.4. The summed E-state index contributed by atoms with van der Waals surface area (Å²) in [5.41, 5.74) is 27.0. The van der Waals surface area contributed by atoms with Gasteiger partial charge in [-0.2, -0.15) is 0 Å². The number of fused-ring (bicyclic) bond motifs is 9. The first-order valence-electron chi connectivity index (χ1n) is 31.2. The van der Waals surface area contributed by atoms with Gasteiger partial charge in [-0.3, -0.25) is 0 Å². The standard InChI is InChI=1S/C76H84BN3/c1-46-38-66-69-67(39-46)80(63-43-59-56(40-47(63)2)74(13,14)45-75(59,15)16)65-44-58-57(72(9,10)36-37-73(58,11)12)42-61(65)77(69)60-35-34-52(41-64(60)79(66)62-25-21-23-54-53-22-19-20-24-55(53)76(17,18)68(54)62)78(50-30-26-48(27-31-50)70(3,4)5)51-32-28-49(29-33-51)71(6,7)8/h19-35,38-44H,36-37,45H2,1-18H3/i1D3. The summed E-state index contributed by atoms with van der Waals surface area (Å²) in [5, 5.41) is 0. The van der Waals surface area contributed by atoms with Gasteiger partial charge in [0.15, 0.2) is 0 Å². The van der Waals surface area contributed by atoms with Crippen LogP contribution in [0.15, 0.2) is 146 Å². The Kier molecular flexibility index (Phi) is 10.5. The lowest BCUT2D eigenvalue weighted by atomic mass is 9.33. The fraction of sp³-hybridized carbons (Fsp3) is 0.368. The zero-order valence-electron chi connectivity index (χ0n) is 53.9. The summed E-state index contributed by atoms with van der Waals surface area (Å²) in [6.07, 6.45) is 3.22. The van der Waals surface area contributed by atoms with Crippen molar-refractivity contribution >= 4 is 74.3 Å². The van der Waals surface area contributed by atoms with E-state index >= 15 is 0 Å². The van der Waals surface area contributed by atoms with Gasteiger partial charge in [-0.15, -0.1) is 0 Å². The molecular formula is C76H84BN3. The van der Waals surface area contributed by atoms with E-state index in [4.69, 9.17) is 0 Å². The van der Waals surface area contributed by atoms with Crippen molar-refractivity contribution in [2.24, 2.45) is 0 Å². The zero-order chi connectivity index (χ0) is 59.3. The van der Waals surface area contributed by atoms with E-state index in [2.05, 4.69) is 272 Å². The molecule has 0 amide bonds. The predicted molar refractivity (Wildman–Crippen MR) is 346 cm³/mol. The Labute approximate surface area is 484 Å². The molecule has 4 heteroatoms. The van der Waals surface area contributed by atoms with Gasteiger partial charge >= 0.3 is 0 Å². The lowest BCUT2D eigenvalue weighted by Gasteiger charge is -2.48. The first kappa shape index (κ1) is 49.1. The Bertz CT molecular complexity index is 3950. The molecule has 406 valence electrons. The van der Waals surface area contributed by atoms with E-state index in [1.54, 1.807) is 0 Å². The van der Waals surface area contributed by atoms with Crippen molar-refractivity contribution in [1.82, 2.24) is 0 Å². The molecule has 0 radical (unpaired) electrons. The largest absolute Gasteiger partial charge is 0.311 e. The fourth-order valence-electron chi connectivity index (χ4n) is 15.7. The second-order valence-electron chi connectivity index (χ2n) is 29.9. The van der Waals surface area contributed by atoms with Crippen molar-refractivity contribution in [2.75, 3.05) is 14.7 Å². The number of nitrogens with zero attached hydrogens (tertiary/aromatic N) is 3. The lowest BCUT2D eigenvalue weighted by molar-refractivity contribution is 0.332. The molecule has 0 saturated carbocycles. The Hall–Kier alpha value is -6.78. The van der Waals surface area contributed by atoms with Crippen molar-refractivity contribution in [2.45, 2.75) is 182 Å². The molecule has 0 atom stereocenters. The maximum atomic E-state index is 9.47. The summed E-state index contributed by atoms with van der Waals surface area (Å²) < 4.78 is 28.4. The smallest absolute Gasteiger partial charge is 0.252 e. The summed E-state index contributed by atoms with van der Waals surface area (Å²) in [7, 11) is 0. The van der Waals surface area contributed by atoms with Crippen molar-refractivity contribution in [1.29, 1.82) is 0 Å². The molecule has 0 unspecified atom stereocenters. The van der Waals surface area contributed by atoms with Crippen molar-refractivity contribution in [3.63, 3.8) is 0 Å². The molecule has 8 aromatic carbocycles. The van der Waals surface area contributed by atoms with Crippen molar-refractivity contribution in [3.05, 3.63) is 201 Å². The second-order valence-corrected chi connectivity index (χ2v) is 29.9. The highest BCUT2D eigenvalue weighted by molar-refractivity contribution is 7.00. The van der Waals surface area contributed by atoms with Gasteiger partial charge in [0.2, 0.25) is 0 Å². The Morgan fingerprint density at radius 1 is 0.450 bits per heavy atom. The van der Waals surface area contributed by atoms with Gasteiger partial charge in [0, 0.05) is 55.0 Å². The molecule has 2 aliphatic heterocycles. The van der Waals surface area contributed by atoms with Crippen LogP contribution in [0.2, 0.25) is 0 Å². The van der Waals surface area contributed by atoms with E-state index in [1.807, 2.05) is 6.07 Å². The van der Waals surface area contributed by atoms with Crippen LogP contribution in [-0.4, -0.2) is 6.71 Å². The predicted octanol–water partition coefficient (Wildman–Crippen LogP) is 19.1. The first-order valence-corrected chi connectivity index (χ1v) is 29.7. The van der Waals surface area contributed by atoms with Gasteiger partial charge in [0.1, 0.15) is 0 Å². The lowest BCUT2D eigenvalue weighted by Crippen LogP contribution is -2.62. The molecule has 0 aromatic heterocycles. The number of aryl methyl sites for hydroxylation is 2. The molecule has 8 aromatic rings. The van der Waals surface area contributed by atoms with Crippen LogP contribution in [0.4, 0.5) is 51.2 Å². The third kappa shape index (κ3) is 7.80. The maximum absolute atomic E-state index is 9.47. The van der Waals surface area contributed by atoms with Crippen LogP contribution in [0.1, 0.15) is 190 Å². The first-order chi connectivity index (χ1) is 38.7. The van der Waals surface area contributed by atoms with Gasteiger partial charge in [0.25, 0.3) is 6.71 Å². The minimum atomic E-state index is -2.43. The highest BCUT2D eigenvalue weighted by Crippen LogP contribution is 2.58. The summed E-state index contributed by atoms with van der Waals surface area (Å²) in [5.74, 6) is 0. The third-order valence-electron chi connectivity index (χ3n) is 20.0. The fourth-order valence-corrected chi connectivity index (χ4v) is 15.7. The Morgan fingerprint density at radius 3 is 1.54 bits per heavy atom. The number of hydrogen-bond acceptors (Lipinski definition) is 3. The zero-order valence-corrected chi connectivity index (χ0v) is 50.9. The van der Waals surface area contributed by atoms with Crippen LogP contribution in [0, 0.1) is 13.8 Å². The van der Waals surface area contributed by atoms with E-state index in [0.29, 0.717) is 5.56 Å². The van der Waals surface area contributed by atoms with Gasteiger partial charge in [-0.05, 0) is 215 Å². The van der Waals surface area contributed by atoms with Gasteiger partial charge in [-0.25, -0.2) is 0 Å². The number of hydrogen-bond donors (Lipinski definition) is 0. The molecule has 2 heterocycles. The monoisotopic (exact) mass is 1050 g/mol. The minimum absolute atomic E-state index is 0.00975. The molecular weight excluding hydrogens is 966 g/mol. The average molecular weight is 1050 g/mol. The Morgan fingerprint density at radius 2 is 0.950 bits per heavy atom. The summed E-state index contributed by atoms with van der Waals surface area (Å²) in [4.78, 5) is 7.43. The molecule has 0 N–H and O–H groups in total. The van der Waals surface area contributed by atoms with Crippen LogP contribution < -0.4 is 31.1 Å². The van der Waals surface area contributed by atoms with E-state index in [0.717, 1.165) is 75.9 Å². The Balaban J connectivity index is 1.16. The molecule has 5 aliphatic rings. The van der Waals surface area contributed by atoms with Crippen LogP contribution in [0.3, 0.4) is 0 Å². The van der Waals surface area contributed by atoms with Gasteiger partial charge in [0.05, 0.1) is 5.69 Å². The average Bonchev–Trinajstić information content (AvgIpc) is 1.13. The molecule has 3 nitrogen and oxygen atoms in total. The molecule has 3 aliphatic carbocycles. The number of rotatable bonds is 5.